The minimum absolute atomic E-state index is 0.776. The van der Waals surface area contributed by atoms with E-state index in [1.54, 1.807) is 7.11 Å². The first kappa shape index (κ1) is 11.9. The Kier molecular flexibility index (Phi) is 3.87. The molecule has 0 atom stereocenters. The molecular weight excluding hydrogens is 266 g/mol. The van der Waals surface area contributed by atoms with Crippen molar-refractivity contribution >= 4 is 15.9 Å². The largest absolute Gasteiger partial charge is 0.497 e. The first-order valence-corrected chi connectivity index (χ1v) is 6.52. The van der Waals surface area contributed by atoms with Crippen molar-refractivity contribution in [1.29, 1.82) is 0 Å². The van der Waals surface area contributed by atoms with E-state index in [1.807, 2.05) is 6.07 Å². The third-order valence-corrected chi connectivity index (χ3v) is 4.14. The van der Waals surface area contributed by atoms with E-state index in [4.69, 9.17) is 4.74 Å². The molecule has 1 saturated carbocycles. The second-order valence-electron chi connectivity index (χ2n) is 4.46. The zero-order valence-electron chi connectivity index (χ0n) is 9.87. The Morgan fingerprint density at radius 1 is 1.44 bits per heavy atom. The van der Waals surface area contributed by atoms with Gasteiger partial charge in [0.05, 0.1) is 7.11 Å². The van der Waals surface area contributed by atoms with Gasteiger partial charge < -0.3 is 4.74 Å². The summed E-state index contributed by atoms with van der Waals surface area (Å²) in [7, 11) is 3.92. The predicted molar refractivity (Wildman–Crippen MR) is 69.8 cm³/mol. The van der Waals surface area contributed by atoms with Gasteiger partial charge in [0.2, 0.25) is 0 Å². The highest BCUT2D eigenvalue weighted by atomic mass is 79.9. The first-order valence-electron chi connectivity index (χ1n) is 5.73. The third kappa shape index (κ3) is 2.58. The van der Waals surface area contributed by atoms with E-state index < -0.39 is 0 Å². The van der Waals surface area contributed by atoms with E-state index >= 15 is 0 Å². The van der Waals surface area contributed by atoms with Crippen molar-refractivity contribution < 1.29 is 4.74 Å². The molecule has 88 valence electrons. The zero-order chi connectivity index (χ0) is 11.5. The van der Waals surface area contributed by atoms with Crippen LogP contribution in [0, 0.1) is 0 Å². The summed E-state index contributed by atoms with van der Waals surface area (Å²) >= 11 is 3.59. The maximum atomic E-state index is 5.25. The van der Waals surface area contributed by atoms with Gasteiger partial charge in [-0.1, -0.05) is 22.4 Å². The predicted octanol–water partition coefficient (Wildman–Crippen LogP) is 3.44. The number of rotatable bonds is 4. The molecule has 2 nitrogen and oxygen atoms in total. The lowest BCUT2D eigenvalue weighted by Gasteiger charge is -2.35. The van der Waals surface area contributed by atoms with Crippen molar-refractivity contribution in [2.45, 2.75) is 31.8 Å². The van der Waals surface area contributed by atoms with Gasteiger partial charge in [-0.05, 0) is 43.7 Å². The van der Waals surface area contributed by atoms with Gasteiger partial charge in [0.15, 0.2) is 0 Å². The Bertz CT molecular complexity index is 363. The average molecular weight is 284 g/mol. The number of nitrogens with zero attached hydrogens (tertiary/aromatic N) is 1. The van der Waals surface area contributed by atoms with Crippen LogP contribution in [-0.4, -0.2) is 25.1 Å². The summed E-state index contributed by atoms with van der Waals surface area (Å²) in [4.78, 5) is 2.43. The maximum absolute atomic E-state index is 5.25. The Morgan fingerprint density at radius 3 is 2.75 bits per heavy atom. The van der Waals surface area contributed by atoms with Gasteiger partial charge >= 0.3 is 0 Å². The maximum Gasteiger partial charge on any atom is 0.119 e. The lowest BCUT2D eigenvalue weighted by molar-refractivity contribution is 0.152. The molecule has 1 aliphatic rings. The van der Waals surface area contributed by atoms with E-state index in [-0.39, 0.29) is 0 Å². The molecule has 0 N–H and O–H groups in total. The third-order valence-electron chi connectivity index (χ3n) is 3.37. The fraction of sp³-hybridized carbons (Fsp3) is 0.538. The summed E-state index contributed by atoms with van der Waals surface area (Å²) < 4.78 is 6.42. The molecule has 0 aliphatic heterocycles. The summed E-state index contributed by atoms with van der Waals surface area (Å²) in [5.74, 6) is 0.931. The Labute approximate surface area is 106 Å². The van der Waals surface area contributed by atoms with Gasteiger partial charge in [0.25, 0.3) is 0 Å². The van der Waals surface area contributed by atoms with E-state index in [9.17, 15) is 0 Å². The van der Waals surface area contributed by atoms with Crippen LogP contribution in [-0.2, 0) is 6.54 Å². The van der Waals surface area contributed by atoms with E-state index in [1.165, 1.54) is 29.3 Å². The van der Waals surface area contributed by atoms with Gasteiger partial charge in [-0.2, -0.15) is 0 Å². The van der Waals surface area contributed by atoms with Crippen molar-refractivity contribution in [3.05, 3.63) is 28.2 Å². The fourth-order valence-electron chi connectivity index (χ4n) is 2.02. The van der Waals surface area contributed by atoms with Gasteiger partial charge in [-0.3, -0.25) is 4.90 Å². The number of halogens is 1. The quantitative estimate of drug-likeness (QED) is 0.839. The molecule has 2 rings (SSSR count). The van der Waals surface area contributed by atoms with Crippen LogP contribution in [0.5, 0.6) is 5.75 Å². The van der Waals surface area contributed by atoms with Crippen molar-refractivity contribution in [1.82, 2.24) is 4.90 Å². The average Bonchev–Trinajstić information content (AvgIpc) is 2.18. The lowest BCUT2D eigenvalue weighted by atomic mass is 9.91. The highest BCUT2D eigenvalue weighted by Crippen LogP contribution is 2.28. The Hall–Kier alpha value is -0.540. The molecule has 16 heavy (non-hydrogen) atoms. The molecule has 0 amide bonds. The smallest absolute Gasteiger partial charge is 0.119 e. The van der Waals surface area contributed by atoms with Gasteiger partial charge in [0.1, 0.15) is 5.75 Å². The molecular formula is C13H18BrNO. The molecule has 0 radical (unpaired) electrons. The molecule has 0 aromatic heterocycles. The number of hydrogen-bond acceptors (Lipinski definition) is 2. The normalized spacial score (nSPS) is 16.2. The van der Waals surface area contributed by atoms with Gasteiger partial charge in [-0.15, -0.1) is 0 Å². The standard InChI is InChI=1S/C13H18BrNO/c1-15(11-4-3-5-11)9-10-8-12(16-2)6-7-13(10)14/h6-8,11H,3-5,9H2,1-2H3. The molecule has 1 aromatic carbocycles. The molecule has 0 bridgehead atoms. The van der Waals surface area contributed by atoms with Crippen LogP contribution in [0.2, 0.25) is 0 Å². The van der Waals surface area contributed by atoms with Gasteiger partial charge in [0, 0.05) is 17.1 Å². The summed E-state index contributed by atoms with van der Waals surface area (Å²) in [5.41, 5.74) is 1.30. The van der Waals surface area contributed by atoms with Crippen LogP contribution in [0.1, 0.15) is 24.8 Å². The van der Waals surface area contributed by atoms with Crippen LogP contribution in [0.3, 0.4) is 0 Å². The second-order valence-corrected chi connectivity index (χ2v) is 5.31. The molecule has 0 saturated heterocycles. The summed E-state index contributed by atoms with van der Waals surface area (Å²) in [6.45, 7) is 0.989. The zero-order valence-corrected chi connectivity index (χ0v) is 11.5. The van der Waals surface area contributed by atoms with Crippen molar-refractivity contribution in [3.63, 3.8) is 0 Å². The highest BCUT2D eigenvalue weighted by Gasteiger charge is 2.22. The van der Waals surface area contributed by atoms with Crippen LogP contribution in [0.4, 0.5) is 0 Å². The first-order chi connectivity index (χ1) is 7.70. The minimum atomic E-state index is 0.776. The van der Waals surface area contributed by atoms with Crippen molar-refractivity contribution in [2.75, 3.05) is 14.2 Å². The van der Waals surface area contributed by atoms with Crippen LogP contribution in [0.15, 0.2) is 22.7 Å². The Balaban J connectivity index is 2.06. The number of methoxy groups -OCH3 is 1. The lowest BCUT2D eigenvalue weighted by Crippen LogP contribution is -2.36. The van der Waals surface area contributed by atoms with E-state index in [0.29, 0.717) is 0 Å². The highest BCUT2D eigenvalue weighted by molar-refractivity contribution is 9.10. The van der Waals surface area contributed by atoms with Crippen LogP contribution in [0.25, 0.3) is 0 Å². The number of ether oxygens (including phenoxy) is 1. The molecule has 1 aliphatic carbocycles. The monoisotopic (exact) mass is 283 g/mol. The summed E-state index contributed by atoms with van der Waals surface area (Å²) in [6, 6.07) is 6.93. The summed E-state index contributed by atoms with van der Waals surface area (Å²) in [5, 5.41) is 0. The Morgan fingerprint density at radius 2 is 2.19 bits per heavy atom. The molecule has 0 heterocycles. The van der Waals surface area contributed by atoms with Gasteiger partial charge in [-0.25, -0.2) is 0 Å². The second kappa shape index (κ2) is 5.19. The van der Waals surface area contributed by atoms with E-state index in [2.05, 4.69) is 40.0 Å². The number of hydrogen-bond donors (Lipinski definition) is 0. The number of benzene rings is 1. The van der Waals surface area contributed by atoms with Crippen LogP contribution < -0.4 is 4.74 Å². The van der Waals surface area contributed by atoms with E-state index in [0.717, 1.165) is 18.3 Å². The van der Waals surface area contributed by atoms with Crippen molar-refractivity contribution in [2.24, 2.45) is 0 Å². The van der Waals surface area contributed by atoms with Crippen LogP contribution >= 0.6 is 15.9 Å². The minimum Gasteiger partial charge on any atom is -0.497 e. The molecule has 3 heteroatoms. The van der Waals surface area contributed by atoms with Crippen molar-refractivity contribution in [3.8, 4) is 5.75 Å². The molecule has 0 spiro atoms. The molecule has 0 unspecified atom stereocenters. The SMILES string of the molecule is COc1ccc(Br)c(CN(C)C2CCC2)c1. The topological polar surface area (TPSA) is 12.5 Å². The fourth-order valence-corrected chi connectivity index (χ4v) is 2.40. The summed E-state index contributed by atoms with van der Waals surface area (Å²) in [6.07, 6.45) is 4.07. The molecule has 1 fully saturated rings. The molecule has 1 aromatic rings.